The molecular weight excluding hydrogens is 344 g/mol. The molecule has 1 aromatic heterocycles. The first-order valence-electron chi connectivity index (χ1n) is 7.21. The molecule has 1 amide bonds. The van der Waals surface area contributed by atoms with Gasteiger partial charge in [0.15, 0.2) is 26.4 Å². The van der Waals surface area contributed by atoms with E-state index in [4.69, 9.17) is 9.47 Å². The second-order valence-corrected chi connectivity index (χ2v) is 7.03. The molecule has 1 heterocycles. The van der Waals surface area contributed by atoms with E-state index in [1.165, 1.54) is 38.6 Å². The number of carbonyl (C=O) groups excluding carboxylic acids is 1. The number of rotatable bonds is 6. The van der Waals surface area contributed by atoms with Gasteiger partial charge in [-0.15, -0.1) is 0 Å². The summed E-state index contributed by atoms with van der Waals surface area (Å²) in [6.45, 7) is 0. The van der Waals surface area contributed by atoms with Crippen LogP contribution in [0, 0.1) is 0 Å². The molecule has 1 N–H and O–H groups in total. The lowest BCUT2D eigenvalue weighted by Gasteiger charge is -2.09. The zero-order chi connectivity index (χ0) is 18.4. The van der Waals surface area contributed by atoms with Crippen molar-refractivity contribution in [3.8, 4) is 11.5 Å². The number of anilines is 1. The highest BCUT2D eigenvalue weighted by Gasteiger charge is 2.09. The molecule has 0 aliphatic heterocycles. The Balaban J connectivity index is 2.11. The maximum absolute atomic E-state index is 12.0. The smallest absolute Gasteiger partial charge is 0.248 e. The Kier molecular flexibility index (Phi) is 5.76. The Morgan fingerprint density at radius 3 is 2.48 bits per heavy atom. The van der Waals surface area contributed by atoms with Crippen molar-refractivity contribution in [1.29, 1.82) is 0 Å². The maximum atomic E-state index is 12.0. The molecule has 0 fully saturated rings. The van der Waals surface area contributed by atoms with Crippen molar-refractivity contribution in [3.63, 3.8) is 0 Å². The minimum atomic E-state index is -3.37. The normalized spacial score (nSPS) is 11.3. The second-order valence-electron chi connectivity index (χ2n) is 5.06. The lowest BCUT2D eigenvalue weighted by atomic mass is 10.1. The summed E-state index contributed by atoms with van der Waals surface area (Å²) in [7, 11) is -0.321. The largest absolute Gasteiger partial charge is 0.493 e. The van der Waals surface area contributed by atoms with Gasteiger partial charge in [-0.25, -0.2) is 13.4 Å². The molecule has 25 heavy (non-hydrogen) atoms. The molecule has 0 unspecified atom stereocenters. The van der Waals surface area contributed by atoms with Crippen molar-refractivity contribution in [3.05, 3.63) is 48.2 Å². The van der Waals surface area contributed by atoms with Crippen molar-refractivity contribution in [2.75, 3.05) is 25.8 Å². The number of nitrogens with one attached hydrogen (secondary N) is 1. The van der Waals surface area contributed by atoms with Crippen LogP contribution in [0.15, 0.2) is 47.6 Å². The summed E-state index contributed by atoms with van der Waals surface area (Å²) < 4.78 is 33.2. The molecule has 132 valence electrons. The SMILES string of the molecule is COc1cccc(/C=C/C(=O)Nc2ccc(S(C)(=O)=O)nc2)c1OC. The van der Waals surface area contributed by atoms with Gasteiger partial charge in [0.2, 0.25) is 5.91 Å². The molecular formula is C17H18N2O5S. The summed E-state index contributed by atoms with van der Waals surface area (Å²) in [5.74, 6) is 0.692. The number of sulfone groups is 1. The lowest BCUT2D eigenvalue weighted by molar-refractivity contribution is -0.111. The number of nitrogens with zero attached hydrogens (tertiary/aromatic N) is 1. The Bertz CT molecular complexity index is 890. The highest BCUT2D eigenvalue weighted by molar-refractivity contribution is 7.90. The van der Waals surface area contributed by atoms with E-state index in [2.05, 4.69) is 10.3 Å². The van der Waals surface area contributed by atoms with Crippen LogP contribution < -0.4 is 14.8 Å². The first kappa shape index (κ1) is 18.5. The van der Waals surface area contributed by atoms with Crippen LogP contribution in [0.3, 0.4) is 0 Å². The summed E-state index contributed by atoms with van der Waals surface area (Å²) in [6, 6.07) is 8.13. The van der Waals surface area contributed by atoms with Crippen LogP contribution in [0.4, 0.5) is 5.69 Å². The van der Waals surface area contributed by atoms with Crippen molar-refractivity contribution < 1.29 is 22.7 Å². The fourth-order valence-electron chi connectivity index (χ4n) is 2.07. The van der Waals surface area contributed by atoms with Crippen LogP contribution in [-0.2, 0) is 14.6 Å². The number of amides is 1. The third-order valence-electron chi connectivity index (χ3n) is 3.23. The third kappa shape index (κ3) is 4.80. The Hall–Kier alpha value is -2.87. The molecule has 2 aromatic rings. The summed E-state index contributed by atoms with van der Waals surface area (Å²) in [5.41, 5.74) is 1.07. The van der Waals surface area contributed by atoms with Gasteiger partial charge in [-0.2, -0.15) is 0 Å². The van der Waals surface area contributed by atoms with Crippen LogP contribution in [0.2, 0.25) is 0 Å². The molecule has 0 saturated carbocycles. The van der Waals surface area contributed by atoms with Crippen molar-refractivity contribution >= 4 is 27.5 Å². The maximum Gasteiger partial charge on any atom is 0.248 e. The Morgan fingerprint density at radius 2 is 1.92 bits per heavy atom. The van der Waals surface area contributed by atoms with Gasteiger partial charge in [0.25, 0.3) is 0 Å². The van der Waals surface area contributed by atoms with Gasteiger partial charge < -0.3 is 14.8 Å². The topological polar surface area (TPSA) is 94.6 Å². The van der Waals surface area contributed by atoms with Crippen molar-refractivity contribution in [2.45, 2.75) is 5.03 Å². The van der Waals surface area contributed by atoms with E-state index < -0.39 is 15.7 Å². The average molecular weight is 362 g/mol. The highest BCUT2D eigenvalue weighted by Crippen LogP contribution is 2.31. The van der Waals surface area contributed by atoms with E-state index in [-0.39, 0.29) is 5.03 Å². The van der Waals surface area contributed by atoms with Crippen LogP contribution >= 0.6 is 0 Å². The third-order valence-corrected chi connectivity index (χ3v) is 4.23. The molecule has 0 aliphatic carbocycles. The van der Waals surface area contributed by atoms with E-state index in [0.29, 0.717) is 22.7 Å². The quantitative estimate of drug-likeness (QED) is 0.791. The number of carbonyl (C=O) groups is 1. The second kappa shape index (κ2) is 7.80. The summed E-state index contributed by atoms with van der Waals surface area (Å²) in [5, 5.41) is 2.55. The predicted octanol–water partition coefficient (Wildman–Crippen LogP) is 2.15. The standard InChI is InChI=1S/C17H18N2O5S/c1-23-14-6-4-5-12(17(14)24-2)7-9-15(20)19-13-8-10-16(18-11-13)25(3,21)22/h4-11H,1-3H3,(H,19,20)/b9-7+. The minimum absolute atomic E-state index is 0.0536. The number of para-hydroxylation sites is 1. The van der Waals surface area contributed by atoms with Gasteiger partial charge in [-0.05, 0) is 24.3 Å². The fourth-order valence-corrected chi connectivity index (χ4v) is 2.63. The predicted molar refractivity (Wildman–Crippen MR) is 94.6 cm³/mol. The van der Waals surface area contributed by atoms with Gasteiger partial charge >= 0.3 is 0 Å². The van der Waals surface area contributed by atoms with Crippen LogP contribution in [0.25, 0.3) is 6.08 Å². The summed E-state index contributed by atoms with van der Waals surface area (Å²) >= 11 is 0. The number of pyridine rings is 1. The lowest BCUT2D eigenvalue weighted by Crippen LogP contribution is -2.09. The monoisotopic (exact) mass is 362 g/mol. The summed E-state index contributed by atoms with van der Waals surface area (Å²) in [4.78, 5) is 15.8. The molecule has 0 aliphatic rings. The Labute approximate surface area is 146 Å². The first-order valence-corrected chi connectivity index (χ1v) is 9.10. The zero-order valence-corrected chi connectivity index (χ0v) is 14.8. The van der Waals surface area contributed by atoms with E-state index >= 15 is 0 Å². The van der Waals surface area contributed by atoms with Gasteiger partial charge in [0, 0.05) is 17.9 Å². The molecule has 0 bridgehead atoms. The van der Waals surface area contributed by atoms with Gasteiger partial charge in [0.1, 0.15) is 0 Å². The molecule has 0 spiro atoms. The molecule has 0 saturated heterocycles. The zero-order valence-electron chi connectivity index (χ0n) is 14.0. The molecule has 2 rings (SSSR count). The molecule has 0 radical (unpaired) electrons. The number of aromatic nitrogens is 1. The van der Waals surface area contributed by atoms with Crippen LogP contribution in [0.1, 0.15) is 5.56 Å². The molecule has 0 atom stereocenters. The van der Waals surface area contributed by atoms with Gasteiger partial charge in [-0.1, -0.05) is 12.1 Å². The van der Waals surface area contributed by atoms with Crippen LogP contribution in [0.5, 0.6) is 11.5 Å². The number of hydrogen-bond donors (Lipinski definition) is 1. The summed E-state index contributed by atoms with van der Waals surface area (Å²) in [6.07, 6.45) is 5.28. The highest BCUT2D eigenvalue weighted by atomic mass is 32.2. The van der Waals surface area contributed by atoms with Crippen molar-refractivity contribution in [1.82, 2.24) is 4.98 Å². The van der Waals surface area contributed by atoms with E-state index in [9.17, 15) is 13.2 Å². The van der Waals surface area contributed by atoms with Gasteiger partial charge in [-0.3, -0.25) is 4.79 Å². The molecule has 8 heteroatoms. The minimum Gasteiger partial charge on any atom is -0.493 e. The van der Waals surface area contributed by atoms with E-state index in [0.717, 1.165) is 6.26 Å². The van der Waals surface area contributed by atoms with E-state index in [1.807, 2.05) is 0 Å². The molecule has 1 aromatic carbocycles. The van der Waals surface area contributed by atoms with E-state index in [1.54, 1.807) is 24.3 Å². The number of ether oxygens (including phenoxy) is 2. The van der Waals surface area contributed by atoms with Gasteiger partial charge in [0.05, 0.1) is 26.1 Å². The average Bonchev–Trinajstić information content (AvgIpc) is 2.59. The fraction of sp³-hybridized carbons (Fsp3) is 0.176. The van der Waals surface area contributed by atoms with Crippen LogP contribution in [-0.4, -0.2) is 39.8 Å². The first-order chi connectivity index (χ1) is 11.8. The van der Waals surface area contributed by atoms with Crippen molar-refractivity contribution in [2.24, 2.45) is 0 Å². The number of benzene rings is 1. The number of hydrogen-bond acceptors (Lipinski definition) is 6. The number of methoxy groups -OCH3 is 2. The Morgan fingerprint density at radius 1 is 1.16 bits per heavy atom. The molecule has 7 nitrogen and oxygen atoms in total.